The third kappa shape index (κ3) is 14.3. The lowest BCUT2D eigenvalue weighted by molar-refractivity contribution is 0.0236. The van der Waals surface area contributed by atoms with Crippen LogP contribution in [0, 0.1) is 5.92 Å². The van der Waals surface area contributed by atoms with Gasteiger partial charge in [-0.25, -0.2) is 0 Å². The number of unbranched alkanes of at least 4 members (excludes halogenated alkanes) is 1. The maximum Gasteiger partial charge on any atom is 0.0641 e. The van der Waals surface area contributed by atoms with Crippen LogP contribution in [0.15, 0.2) is 0 Å². The highest BCUT2D eigenvalue weighted by Crippen LogP contribution is 2.16. The summed E-state index contributed by atoms with van der Waals surface area (Å²) in [6.07, 6.45) is 5.77. The summed E-state index contributed by atoms with van der Waals surface area (Å²) in [4.78, 5) is 0. The predicted octanol–water partition coefficient (Wildman–Crippen LogP) is 2.48. The Hall–Kier alpha value is -0.160. The third-order valence-corrected chi connectivity index (χ3v) is 3.55. The Kier molecular flexibility index (Phi) is 15.3. The van der Waals surface area contributed by atoms with Gasteiger partial charge in [0.25, 0.3) is 0 Å². The molecule has 0 fully saturated rings. The Morgan fingerprint density at radius 2 is 1.55 bits per heavy atom. The molecule has 0 radical (unpaired) electrons. The Balaban J connectivity index is 0. The molecule has 20 heavy (non-hydrogen) atoms. The standard InChI is InChI=1S/2C8H18O2/c1-3-4-7(2)8(10)5-6-9;1-3-4-5-8(2,10)6-7-9/h7-10H,3-6H2,1-2H3;9-10H,3-7H2,1-2H3. The lowest BCUT2D eigenvalue weighted by Crippen LogP contribution is -2.25. The van der Waals surface area contributed by atoms with Crippen LogP contribution in [0.1, 0.15) is 72.6 Å². The fraction of sp³-hybridized carbons (Fsp3) is 1.00. The molecule has 4 N–H and O–H groups in total. The first-order chi connectivity index (χ1) is 9.34. The summed E-state index contributed by atoms with van der Waals surface area (Å²) in [5.41, 5.74) is -0.648. The van der Waals surface area contributed by atoms with E-state index >= 15 is 0 Å². The molecule has 0 amide bonds. The maximum atomic E-state index is 9.49. The van der Waals surface area contributed by atoms with Crippen LogP contribution >= 0.6 is 0 Å². The molecule has 4 nitrogen and oxygen atoms in total. The van der Waals surface area contributed by atoms with Gasteiger partial charge in [0.15, 0.2) is 0 Å². The second kappa shape index (κ2) is 13.8. The topological polar surface area (TPSA) is 80.9 Å². The molecule has 0 saturated carbocycles. The van der Waals surface area contributed by atoms with E-state index in [0.29, 0.717) is 18.8 Å². The Morgan fingerprint density at radius 1 is 0.950 bits per heavy atom. The molecular formula is C16H36O4. The van der Waals surface area contributed by atoms with Crippen molar-refractivity contribution in [2.24, 2.45) is 5.92 Å². The first-order valence-electron chi connectivity index (χ1n) is 7.96. The van der Waals surface area contributed by atoms with E-state index < -0.39 is 5.60 Å². The number of hydrogen-bond donors (Lipinski definition) is 4. The van der Waals surface area contributed by atoms with Gasteiger partial charge in [-0.3, -0.25) is 0 Å². The molecule has 3 unspecified atom stereocenters. The fourth-order valence-corrected chi connectivity index (χ4v) is 1.99. The fourth-order valence-electron chi connectivity index (χ4n) is 1.99. The molecule has 0 aromatic heterocycles. The molecule has 0 aromatic rings. The zero-order valence-corrected chi connectivity index (χ0v) is 13.8. The maximum absolute atomic E-state index is 9.49. The van der Waals surface area contributed by atoms with E-state index in [0.717, 1.165) is 32.1 Å². The van der Waals surface area contributed by atoms with Crippen molar-refractivity contribution in [3.63, 3.8) is 0 Å². The summed E-state index contributed by atoms with van der Waals surface area (Å²) < 4.78 is 0. The highest BCUT2D eigenvalue weighted by atomic mass is 16.3. The summed E-state index contributed by atoms with van der Waals surface area (Å²) in [5, 5.41) is 35.8. The molecule has 3 atom stereocenters. The summed E-state index contributed by atoms with van der Waals surface area (Å²) in [5.74, 6) is 0.331. The van der Waals surface area contributed by atoms with Crippen molar-refractivity contribution in [3.05, 3.63) is 0 Å². The van der Waals surface area contributed by atoms with Crippen LogP contribution in [-0.2, 0) is 0 Å². The van der Waals surface area contributed by atoms with E-state index in [1.165, 1.54) is 0 Å². The molecule has 0 spiro atoms. The van der Waals surface area contributed by atoms with E-state index in [1.54, 1.807) is 6.92 Å². The van der Waals surface area contributed by atoms with Gasteiger partial charge in [-0.15, -0.1) is 0 Å². The van der Waals surface area contributed by atoms with Gasteiger partial charge in [-0.2, -0.15) is 0 Å². The van der Waals surface area contributed by atoms with Crippen molar-refractivity contribution in [2.75, 3.05) is 13.2 Å². The summed E-state index contributed by atoms with van der Waals surface area (Å²) in [6, 6.07) is 0. The number of aliphatic hydroxyl groups excluding tert-OH is 3. The highest BCUT2D eigenvalue weighted by molar-refractivity contribution is 4.70. The largest absolute Gasteiger partial charge is 0.396 e. The molecule has 0 saturated heterocycles. The van der Waals surface area contributed by atoms with Crippen molar-refractivity contribution in [2.45, 2.75) is 84.3 Å². The van der Waals surface area contributed by atoms with Crippen LogP contribution in [0.25, 0.3) is 0 Å². The molecule has 124 valence electrons. The van der Waals surface area contributed by atoms with E-state index in [4.69, 9.17) is 10.2 Å². The second-order valence-electron chi connectivity index (χ2n) is 5.92. The van der Waals surface area contributed by atoms with Crippen LogP contribution < -0.4 is 0 Å². The predicted molar refractivity (Wildman–Crippen MR) is 83.6 cm³/mol. The second-order valence-corrected chi connectivity index (χ2v) is 5.92. The monoisotopic (exact) mass is 292 g/mol. The van der Waals surface area contributed by atoms with Gasteiger partial charge >= 0.3 is 0 Å². The molecule has 0 aliphatic heterocycles. The molecule has 4 heteroatoms. The molecular weight excluding hydrogens is 256 g/mol. The highest BCUT2D eigenvalue weighted by Gasteiger charge is 2.17. The van der Waals surface area contributed by atoms with E-state index in [9.17, 15) is 10.2 Å². The summed E-state index contributed by atoms with van der Waals surface area (Å²) in [7, 11) is 0. The van der Waals surface area contributed by atoms with Crippen molar-refractivity contribution in [1.29, 1.82) is 0 Å². The first kappa shape index (κ1) is 22.1. The average Bonchev–Trinajstić information content (AvgIpc) is 2.38. The van der Waals surface area contributed by atoms with Crippen molar-refractivity contribution >= 4 is 0 Å². The normalized spacial score (nSPS) is 16.8. The van der Waals surface area contributed by atoms with E-state index in [-0.39, 0.29) is 19.3 Å². The van der Waals surface area contributed by atoms with Gasteiger partial charge in [0.2, 0.25) is 0 Å². The minimum atomic E-state index is -0.648. The van der Waals surface area contributed by atoms with Crippen LogP contribution in [0.4, 0.5) is 0 Å². The quantitative estimate of drug-likeness (QED) is 0.498. The summed E-state index contributed by atoms with van der Waals surface area (Å²) in [6.45, 7) is 8.16. The zero-order valence-electron chi connectivity index (χ0n) is 13.8. The summed E-state index contributed by atoms with van der Waals surface area (Å²) >= 11 is 0. The number of rotatable bonds is 10. The number of hydrogen-bond acceptors (Lipinski definition) is 4. The van der Waals surface area contributed by atoms with E-state index in [2.05, 4.69) is 13.8 Å². The molecule has 0 rings (SSSR count). The van der Waals surface area contributed by atoms with E-state index in [1.807, 2.05) is 6.92 Å². The van der Waals surface area contributed by atoms with Gasteiger partial charge in [0.1, 0.15) is 0 Å². The third-order valence-electron chi connectivity index (χ3n) is 3.55. The van der Waals surface area contributed by atoms with Gasteiger partial charge in [0.05, 0.1) is 11.7 Å². The SMILES string of the molecule is CCCC(C)C(O)CCO.CCCCC(C)(O)CCO. The number of aliphatic hydroxyl groups is 4. The smallest absolute Gasteiger partial charge is 0.0641 e. The Morgan fingerprint density at radius 3 is 1.95 bits per heavy atom. The van der Waals surface area contributed by atoms with Crippen LogP contribution in [-0.4, -0.2) is 45.3 Å². The molecule has 0 aromatic carbocycles. The van der Waals surface area contributed by atoms with Crippen LogP contribution in [0.3, 0.4) is 0 Å². The Bertz CT molecular complexity index is 185. The van der Waals surface area contributed by atoms with Crippen molar-refractivity contribution < 1.29 is 20.4 Å². The molecule has 0 aliphatic rings. The Labute approximate surface area is 124 Å². The molecule has 0 aliphatic carbocycles. The van der Waals surface area contributed by atoms with Crippen molar-refractivity contribution in [1.82, 2.24) is 0 Å². The van der Waals surface area contributed by atoms with Crippen molar-refractivity contribution in [3.8, 4) is 0 Å². The average molecular weight is 292 g/mol. The van der Waals surface area contributed by atoms with Gasteiger partial charge < -0.3 is 20.4 Å². The van der Waals surface area contributed by atoms with Gasteiger partial charge in [-0.1, -0.05) is 40.0 Å². The molecule has 0 heterocycles. The van der Waals surface area contributed by atoms with Crippen LogP contribution in [0.2, 0.25) is 0 Å². The van der Waals surface area contributed by atoms with Gasteiger partial charge in [-0.05, 0) is 38.5 Å². The molecule has 0 bridgehead atoms. The van der Waals surface area contributed by atoms with Gasteiger partial charge in [0, 0.05) is 13.2 Å². The van der Waals surface area contributed by atoms with Crippen LogP contribution in [0.5, 0.6) is 0 Å². The minimum absolute atomic E-state index is 0.0801. The minimum Gasteiger partial charge on any atom is -0.396 e. The lowest BCUT2D eigenvalue weighted by atomic mass is 9.96. The lowest BCUT2D eigenvalue weighted by Gasteiger charge is -2.21. The zero-order chi connectivity index (χ0) is 16.0. The first-order valence-corrected chi connectivity index (χ1v) is 7.96.